The smallest absolute Gasteiger partial charge is 0.342 e. The van der Waals surface area contributed by atoms with Crippen molar-refractivity contribution in [1.82, 2.24) is 15.0 Å². The van der Waals surface area contributed by atoms with Gasteiger partial charge in [0.2, 0.25) is 11.9 Å². The van der Waals surface area contributed by atoms with Crippen molar-refractivity contribution in [3.05, 3.63) is 70.5 Å². The number of ether oxygens (including phenoxy) is 2. The number of benzene rings is 2. The van der Waals surface area contributed by atoms with Gasteiger partial charge in [0, 0.05) is 19.1 Å². The fourth-order valence-electron chi connectivity index (χ4n) is 2.40. The van der Waals surface area contributed by atoms with E-state index in [9.17, 15) is 4.79 Å². The molecule has 3 aromatic rings. The number of hydrogen-bond acceptors (Lipinski definition) is 8. The maximum atomic E-state index is 12.6. The van der Waals surface area contributed by atoms with Gasteiger partial charge in [0.1, 0.15) is 17.9 Å². The molecule has 0 spiro atoms. The van der Waals surface area contributed by atoms with Crippen molar-refractivity contribution in [2.75, 3.05) is 24.7 Å². The van der Waals surface area contributed by atoms with Gasteiger partial charge in [-0.15, -0.1) is 0 Å². The van der Waals surface area contributed by atoms with E-state index in [4.69, 9.17) is 26.8 Å². The Kier molecular flexibility index (Phi) is 6.46. The van der Waals surface area contributed by atoms with Crippen molar-refractivity contribution in [3.63, 3.8) is 0 Å². The minimum Gasteiger partial charge on any atom is -0.488 e. The van der Waals surface area contributed by atoms with Gasteiger partial charge in [-0.2, -0.15) is 15.0 Å². The van der Waals surface area contributed by atoms with E-state index in [2.05, 4.69) is 15.0 Å². The van der Waals surface area contributed by atoms with Crippen LogP contribution in [0.2, 0.25) is 5.02 Å². The summed E-state index contributed by atoms with van der Waals surface area (Å²) in [5.41, 5.74) is 6.91. The first-order valence-corrected chi connectivity index (χ1v) is 9.11. The molecule has 2 N–H and O–H groups in total. The lowest BCUT2D eigenvalue weighted by molar-refractivity contribution is 0.0457. The van der Waals surface area contributed by atoms with E-state index in [1.807, 2.05) is 12.1 Å². The topological polar surface area (TPSA) is 103 Å². The minimum atomic E-state index is -0.554. The second-order valence-corrected chi connectivity index (χ2v) is 6.73. The predicted molar refractivity (Wildman–Crippen MR) is 110 cm³/mol. The van der Waals surface area contributed by atoms with Gasteiger partial charge < -0.3 is 20.1 Å². The average Bonchev–Trinajstić information content (AvgIpc) is 2.71. The van der Waals surface area contributed by atoms with Crippen molar-refractivity contribution in [2.45, 2.75) is 13.2 Å². The molecule has 0 saturated carbocycles. The molecule has 29 heavy (non-hydrogen) atoms. The Morgan fingerprint density at radius 2 is 1.76 bits per heavy atom. The maximum absolute atomic E-state index is 12.6. The standard InChI is InChI=1S/C20H20ClN5O3/c1-26(2)20-24-17(23-19(22)25-20)12-29-18(27)15-5-3-4-6-16(15)28-11-13-7-9-14(21)10-8-13/h3-10H,11-12H2,1-2H3,(H2,22,23,24,25). The molecule has 0 aliphatic carbocycles. The van der Waals surface area contributed by atoms with Gasteiger partial charge in [0.05, 0.1) is 0 Å². The molecule has 0 unspecified atom stereocenters. The van der Waals surface area contributed by atoms with Gasteiger partial charge in [-0.3, -0.25) is 0 Å². The third-order valence-electron chi connectivity index (χ3n) is 3.83. The number of esters is 1. The molecule has 0 aliphatic rings. The molecule has 8 nitrogen and oxygen atoms in total. The molecular formula is C20H20ClN5O3. The van der Waals surface area contributed by atoms with Crippen LogP contribution in [0.5, 0.6) is 5.75 Å². The van der Waals surface area contributed by atoms with Crippen molar-refractivity contribution in [1.29, 1.82) is 0 Å². The summed E-state index contributed by atoms with van der Waals surface area (Å²) in [6.45, 7) is 0.148. The molecule has 0 radical (unpaired) electrons. The van der Waals surface area contributed by atoms with Crippen LogP contribution >= 0.6 is 11.6 Å². The fraction of sp³-hybridized carbons (Fsp3) is 0.200. The number of para-hydroxylation sites is 1. The SMILES string of the molecule is CN(C)c1nc(N)nc(COC(=O)c2ccccc2OCc2ccc(Cl)cc2)n1. The lowest BCUT2D eigenvalue weighted by Gasteiger charge is -2.13. The van der Waals surface area contributed by atoms with Crippen molar-refractivity contribution in [3.8, 4) is 5.75 Å². The van der Waals surface area contributed by atoms with Gasteiger partial charge in [-0.25, -0.2) is 4.79 Å². The average molecular weight is 414 g/mol. The molecule has 0 aliphatic heterocycles. The second kappa shape index (κ2) is 9.20. The number of carbonyl (C=O) groups is 1. The summed E-state index contributed by atoms with van der Waals surface area (Å²) < 4.78 is 11.1. The Morgan fingerprint density at radius 3 is 2.48 bits per heavy atom. The molecule has 0 atom stereocenters. The summed E-state index contributed by atoms with van der Waals surface area (Å²) in [4.78, 5) is 26.5. The largest absolute Gasteiger partial charge is 0.488 e. The molecule has 1 heterocycles. The molecule has 0 saturated heterocycles. The van der Waals surface area contributed by atoms with Crippen LogP contribution in [0.1, 0.15) is 21.7 Å². The lowest BCUT2D eigenvalue weighted by Crippen LogP contribution is -2.17. The van der Waals surface area contributed by atoms with Crippen LogP contribution in [0.15, 0.2) is 48.5 Å². The second-order valence-electron chi connectivity index (χ2n) is 6.29. The zero-order valence-corrected chi connectivity index (χ0v) is 16.8. The minimum absolute atomic E-state index is 0.0569. The maximum Gasteiger partial charge on any atom is 0.342 e. The van der Waals surface area contributed by atoms with Crippen molar-refractivity contribution in [2.24, 2.45) is 0 Å². The van der Waals surface area contributed by atoms with E-state index in [0.717, 1.165) is 5.56 Å². The number of rotatable bonds is 7. The van der Waals surface area contributed by atoms with Crippen LogP contribution in [0, 0.1) is 0 Å². The summed E-state index contributed by atoms with van der Waals surface area (Å²) in [5, 5.41) is 0.647. The van der Waals surface area contributed by atoms with Crippen LogP contribution < -0.4 is 15.4 Å². The highest BCUT2D eigenvalue weighted by Gasteiger charge is 2.15. The van der Waals surface area contributed by atoms with Gasteiger partial charge in [0.25, 0.3) is 0 Å². The number of nitrogens with zero attached hydrogens (tertiary/aromatic N) is 4. The Morgan fingerprint density at radius 1 is 1.03 bits per heavy atom. The number of anilines is 2. The predicted octanol–water partition coefficient (Wildman–Crippen LogP) is 3.11. The van der Waals surface area contributed by atoms with E-state index in [-0.39, 0.29) is 25.0 Å². The highest BCUT2D eigenvalue weighted by Crippen LogP contribution is 2.21. The number of hydrogen-bond donors (Lipinski definition) is 1. The Hall–Kier alpha value is -3.39. The van der Waals surface area contributed by atoms with E-state index >= 15 is 0 Å². The monoisotopic (exact) mass is 413 g/mol. The lowest BCUT2D eigenvalue weighted by atomic mass is 10.2. The normalized spacial score (nSPS) is 10.4. The number of aromatic nitrogens is 3. The summed E-state index contributed by atoms with van der Waals surface area (Å²) >= 11 is 5.89. The van der Waals surface area contributed by atoms with Gasteiger partial charge in [-0.05, 0) is 29.8 Å². The molecule has 3 rings (SSSR count). The molecule has 0 amide bonds. The Bertz CT molecular complexity index is 996. The molecule has 150 valence electrons. The van der Waals surface area contributed by atoms with E-state index in [0.29, 0.717) is 22.3 Å². The van der Waals surface area contributed by atoms with Crippen LogP contribution in [-0.2, 0) is 18.0 Å². The number of carbonyl (C=O) groups excluding carboxylic acids is 1. The Labute approximate surface area is 173 Å². The first-order chi connectivity index (χ1) is 13.9. The van der Waals surface area contributed by atoms with Gasteiger partial charge in [-0.1, -0.05) is 35.9 Å². The first kappa shape index (κ1) is 20.3. The van der Waals surface area contributed by atoms with Crippen LogP contribution in [-0.4, -0.2) is 35.0 Å². The molecule has 9 heteroatoms. The van der Waals surface area contributed by atoms with E-state index in [1.165, 1.54) is 0 Å². The first-order valence-electron chi connectivity index (χ1n) is 8.73. The number of nitrogens with two attached hydrogens (primary N) is 1. The summed E-state index contributed by atoms with van der Waals surface area (Å²) in [6, 6.07) is 14.1. The zero-order chi connectivity index (χ0) is 20.8. The molecule has 0 fully saturated rings. The van der Waals surface area contributed by atoms with E-state index in [1.54, 1.807) is 55.4 Å². The zero-order valence-electron chi connectivity index (χ0n) is 16.0. The van der Waals surface area contributed by atoms with E-state index < -0.39 is 5.97 Å². The quantitative estimate of drug-likeness (QED) is 0.589. The third-order valence-corrected chi connectivity index (χ3v) is 4.09. The van der Waals surface area contributed by atoms with Crippen LogP contribution in [0.3, 0.4) is 0 Å². The molecule has 1 aromatic heterocycles. The summed E-state index contributed by atoms with van der Waals surface area (Å²) in [7, 11) is 3.55. The molecular weight excluding hydrogens is 394 g/mol. The Balaban J connectivity index is 1.67. The van der Waals surface area contributed by atoms with Crippen LogP contribution in [0.25, 0.3) is 0 Å². The van der Waals surface area contributed by atoms with Crippen molar-refractivity contribution < 1.29 is 14.3 Å². The van der Waals surface area contributed by atoms with Crippen LogP contribution in [0.4, 0.5) is 11.9 Å². The van der Waals surface area contributed by atoms with Gasteiger partial charge >= 0.3 is 5.97 Å². The van der Waals surface area contributed by atoms with Gasteiger partial charge in [0.15, 0.2) is 12.4 Å². The fourth-order valence-corrected chi connectivity index (χ4v) is 2.53. The number of nitrogen functional groups attached to an aromatic ring is 1. The van der Waals surface area contributed by atoms with Crippen molar-refractivity contribution >= 4 is 29.5 Å². The summed E-state index contributed by atoms with van der Waals surface area (Å²) in [5.74, 6) is 0.560. The highest BCUT2D eigenvalue weighted by molar-refractivity contribution is 6.30. The highest BCUT2D eigenvalue weighted by atomic mass is 35.5. The summed E-state index contributed by atoms with van der Waals surface area (Å²) in [6.07, 6.45) is 0. The third kappa shape index (κ3) is 5.55. The number of halogens is 1. The molecule has 0 bridgehead atoms. The molecule has 2 aromatic carbocycles.